The van der Waals surface area contributed by atoms with Crippen molar-refractivity contribution < 1.29 is 4.42 Å². The average Bonchev–Trinajstić information content (AvgIpc) is 3.84. The van der Waals surface area contributed by atoms with Crippen LogP contribution >= 0.6 is 0 Å². The molecule has 6 heteroatoms. The Hall–Kier alpha value is -7.70. The zero-order valence-electron chi connectivity index (χ0n) is 30.7. The summed E-state index contributed by atoms with van der Waals surface area (Å²) in [5.74, 6) is 1.62. The van der Waals surface area contributed by atoms with Gasteiger partial charge in [0.25, 0.3) is 0 Å². The smallest absolute Gasteiger partial charge is 0.238 e. The van der Waals surface area contributed by atoms with Gasteiger partial charge in [-0.2, -0.15) is 9.97 Å². The van der Waals surface area contributed by atoms with Crippen molar-refractivity contribution >= 4 is 43.9 Å². The van der Waals surface area contributed by atoms with E-state index in [1.165, 1.54) is 0 Å². The van der Waals surface area contributed by atoms with E-state index in [-0.39, 0.29) is 0 Å². The van der Waals surface area contributed by atoms with Gasteiger partial charge >= 0.3 is 0 Å². The zero-order valence-corrected chi connectivity index (χ0v) is 30.7. The van der Waals surface area contributed by atoms with Crippen LogP contribution < -0.4 is 0 Å². The number of pyridine rings is 1. The van der Waals surface area contributed by atoms with Gasteiger partial charge in [0.05, 0.1) is 16.4 Å². The van der Waals surface area contributed by atoms with Crippen LogP contribution in [0.2, 0.25) is 0 Å². The van der Waals surface area contributed by atoms with Gasteiger partial charge in [0.2, 0.25) is 11.7 Å². The molecule has 0 spiro atoms. The molecule has 0 unspecified atom stereocenters. The molecule has 0 saturated heterocycles. The molecule has 0 atom stereocenters. The summed E-state index contributed by atoms with van der Waals surface area (Å²) in [6.45, 7) is 0. The van der Waals surface area contributed by atoms with Gasteiger partial charge in [0.1, 0.15) is 5.58 Å². The van der Waals surface area contributed by atoms with E-state index in [0.29, 0.717) is 23.3 Å². The second-order valence-electron chi connectivity index (χ2n) is 14.2. The van der Waals surface area contributed by atoms with Crippen LogP contribution in [0.5, 0.6) is 0 Å². The predicted molar refractivity (Wildman–Crippen MR) is 228 cm³/mol. The molecule has 0 radical (unpaired) electrons. The Morgan fingerprint density at radius 1 is 0.421 bits per heavy atom. The summed E-state index contributed by atoms with van der Waals surface area (Å²) in [5, 5.41) is 4.07. The van der Waals surface area contributed by atoms with E-state index in [9.17, 15) is 0 Å². The lowest BCUT2D eigenvalue weighted by Gasteiger charge is -2.38. The van der Waals surface area contributed by atoms with E-state index in [4.69, 9.17) is 19.4 Å². The number of para-hydroxylation sites is 2. The molecule has 57 heavy (non-hydrogen) atoms. The lowest BCUT2D eigenvalue weighted by molar-refractivity contribution is 0.654. The maximum atomic E-state index is 6.27. The molecule has 0 N–H and O–H groups in total. The third-order valence-electron chi connectivity index (χ3n) is 11.1. The van der Waals surface area contributed by atoms with Crippen LogP contribution in [0.1, 0.15) is 22.3 Å². The molecular weight excluding hydrogens is 699 g/mol. The van der Waals surface area contributed by atoms with Crippen LogP contribution in [-0.4, -0.2) is 24.5 Å². The van der Waals surface area contributed by atoms with Gasteiger partial charge in [-0.05, 0) is 52.6 Å². The van der Waals surface area contributed by atoms with E-state index in [1.54, 1.807) is 6.20 Å². The molecule has 11 rings (SSSR count). The lowest BCUT2D eigenvalue weighted by atomic mass is 9.64. The lowest BCUT2D eigenvalue weighted by Crippen LogP contribution is -2.31. The SMILES string of the molecule is c1ccc(C(c2ccccc2)(c2ccccc2)c2ccccc2-c2nc(-c3cccc4oc5ncccc5c34)nc(-n3c4ccccc4c4ccccc43)n2)cc1. The van der Waals surface area contributed by atoms with Crippen molar-refractivity contribution in [2.45, 2.75) is 5.41 Å². The number of furan rings is 1. The average molecular weight is 732 g/mol. The zero-order chi connectivity index (χ0) is 37.8. The summed E-state index contributed by atoms with van der Waals surface area (Å²) in [5.41, 5.74) is 8.77. The van der Waals surface area contributed by atoms with Gasteiger partial charge in [0.15, 0.2) is 11.6 Å². The van der Waals surface area contributed by atoms with E-state index in [0.717, 1.165) is 71.5 Å². The van der Waals surface area contributed by atoms with E-state index in [2.05, 4.69) is 179 Å². The summed E-state index contributed by atoms with van der Waals surface area (Å²) in [7, 11) is 0. The molecule has 0 bridgehead atoms. The molecule has 11 aromatic rings. The first-order valence-electron chi connectivity index (χ1n) is 19.1. The predicted octanol–water partition coefficient (Wildman–Crippen LogP) is 12.0. The standard InChI is InChI=1S/C51H33N5O/c1-4-18-34(19-5-1)51(35-20-6-2-7-21-35,36-22-8-3-9-23-36)42-29-13-10-26-39(42)47-53-48(40-27-16-32-45-46(40)41-28-17-33-52-49(41)57-45)55-50(54-47)56-43-30-14-11-24-37(43)38-25-12-15-31-44(38)56/h1-33H. The van der Waals surface area contributed by atoms with Gasteiger partial charge in [-0.1, -0.05) is 164 Å². The van der Waals surface area contributed by atoms with Gasteiger partial charge in [-0.15, -0.1) is 0 Å². The number of hydrogen-bond donors (Lipinski definition) is 0. The van der Waals surface area contributed by atoms with E-state index >= 15 is 0 Å². The minimum atomic E-state index is -0.730. The van der Waals surface area contributed by atoms with Crippen molar-refractivity contribution in [1.29, 1.82) is 0 Å². The molecule has 0 amide bonds. The second-order valence-corrected chi connectivity index (χ2v) is 14.2. The molecule has 268 valence electrons. The van der Waals surface area contributed by atoms with Crippen molar-refractivity contribution in [2.24, 2.45) is 0 Å². The van der Waals surface area contributed by atoms with Crippen molar-refractivity contribution in [3.8, 4) is 28.7 Å². The molecule has 0 fully saturated rings. The van der Waals surface area contributed by atoms with Crippen LogP contribution in [0.25, 0.3) is 72.6 Å². The quantitative estimate of drug-likeness (QED) is 0.153. The first-order chi connectivity index (χ1) is 28.3. The largest absolute Gasteiger partial charge is 0.438 e. The molecular formula is C51H33N5O. The maximum absolute atomic E-state index is 6.27. The fourth-order valence-electron chi connectivity index (χ4n) is 8.73. The highest BCUT2D eigenvalue weighted by Crippen LogP contribution is 2.48. The highest BCUT2D eigenvalue weighted by atomic mass is 16.3. The monoisotopic (exact) mass is 731 g/mol. The Labute approximate surface area is 328 Å². The molecule has 0 aliphatic carbocycles. The highest BCUT2D eigenvalue weighted by Gasteiger charge is 2.40. The Morgan fingerprint density at radius 2 is 0.930 bits per heavy atom. The Kier molecular flexibility index (Phi) is 7.60. The number of benzene rings is 7. The first-order valence-corrected chi connectivity index (χ1v) is 19.1. The molecule has 6 nitrogen and oxygen atoms in total. The van der Waals surface area contributed by atoms with Crippen LogP contribution in [0.3, 0.4) is 0 Å². The van der Waals surface area contributed by atoms with Crippen molar-refractivity contribution in [3.63, 3.8) is 0 Å². The molecule has 4 aromatic heterocycles. The number of aromatic nitrogens is 5. The van der Waals surface area contributed by atoms with E-state index < -0.39 is 5.41 Å². The van der Waals surface area contributed by atoms with Crippen molar-refractivity contribution in [3.05, 3.63) is 223 Å². The fraction of sp³-hybridized carbons (Fsp3) is 0.0196. The molecule has 7 aromatic carbocycles. The summed E-state index contributed by atoms with van der Waals surface area (Å²) in [4.78, 5) is 20.8. The minimum Gasteiger partial charge on any atom is -0.438 e. The van der Waals surface area contributed by atoms with Gasteiger partial charge in [0, 0.05) is 38.9 Å². The minimum absolute atomic E-state index is 0.523. The Bertz CT molecular complexity index is 3090. The third-order valence-corrected chi connectivity index (χ3v) is 11.1. The number of rotatable bonds is 7. The molecule has 0 aliphatic rings. The van der Waals surface area contributed by atoms with Crippen LogP contribution in [-0.2, 0) is 5.41 Å². The van der Waals surface area contributed by atoms with Crippen molar-refractivity contribution in [2.75, 3.05) is 0 Å². The molecule has 0 saturated carbocycles. The third kappa shape index (κ3) is 5.11. The summed E-state index contributed by atoms with van der Waals surface area (Å²) in [6.07, 6.45) is 1.75. The fourth-order valence-corrected chi connectivity index (χ4v) is 8.73. The number of hydrogen-bond acceptors (Lipinski definition) is 5. The maximum Gasteiger partial charge on any atom is 0.238 e. The van der Waals surface area contributed by atoms with Gasteiger partial charge in [-0.3, -0.25) is 4.57 Å². The Balaban J connectivity index is 1.27. The van der Waals surface area contributed by atoms with Crippen molar-refractivity contribution in [1.82, 2.24) is 24.5 Å². The molecule has 4 heterocycles. The van der Waals surface area contributed by atoms with Crippen LogP contribution in [0.15, 0.2) is 205 Å². The van der Waals surface area contributed by atoms with E-state index in [1.807, 2.05) is 24.3 Å². The van der Waals surface area contributed by atoms with Crippen LogP contribution in [0.4, 0.5) is 0 Å². The Morgan fingerprint density at radius 3 is 1.56 bits per heavy atom. The summed E-state index contributed by atoms with van der Waals surface area (Å²) in [6, 6.07) is 67.7. The number of nitrogens with zero attached hydrogens (tertiary/aromatic N) is 5. The van der Waals surface area contributed by atoms with Gasteiger partial charge in [-0.25, -0.2) is 9.97 Å². The first kappa shape index (κ1) is 32.7. The number of fused-ring (bicyclic) bond motifs is 6. The molecule has 0 aliphatic heterocycles. The van der Waals surface area contributed by atoms with Gasteiger partial charge < -0.3 is 4.42 Å². The summed E-state index contributed by atoms with van der Waals surface area (Å²) < 4.78 is 8.43. The highest BCUT2D eigenvalue weighted by molar-refractivity contribution is 6.11. The normalized spacial score (nSPS) is 11.9. The topological polar surface area (TPSA) is 69.6 Å². The van der Waals surface area contributed by atoms with Crippen LogP contribution in [0, 0.1) is 0 Å². The summed E-state index contributed by atoms with van der Waals surface area (Å²) >= 11 is 0. The second kappa shape index (κ2) is 13.3.